The van der Waals surface area contributed by atoms with Gasteiger partial charge in [-0.15, -0.1) is 0 Å². The number of aliphatic carboxylic acids is 1. The van der Waals surface area contributed by atoms with Crippen LogP contribution in [0.15, 0.2) is 48.5 Å². The molecule has 3 aliphatic carbocycles. The number of carboxylic acid groups (broad SMARTS) is 1. The minimum absolute atomic E-state index is 0.101. The SMILES string of the molecule is CC1CC2CC2CC1CNC(=O)C(CC(=O)O)NC(=O)OCC1c2ccccc2-c2ccccc21. The van der Waals surface area contributed by atoms with Crippen molar-refractivity contribution in [3.8, 4) is 11.1 Å². The van der Waals surface area contributed by atoms with E-state index in [-0.39, 0.29) is 12.5 Å². The normalized spacial score (nSPS) is 24.9. The summed E-state index contributed by atoms with van der Waals surface area (Å²) in [7, 11) is 0. The number of ether oxygens (including phenoxy) is 1. The fraction of sp³-hybridized carbons (Fsp3) is 0.464. The molecule has 0 aromatic heterocycles. The number of rotatable bonds is 8. The molecule has 5 atom stereocenters. The molecule has 2 fully saturated rings. The van der Waals surface area contributed by atoms with Crippen LogP contribution in [0.1, 0.15) is 49.7 Å². The molecule has 0 saturated heterocycles. The highest BCUT2D eigenvalue weighted by Crippen LogP contribution is 2.53. The van der Waals surface area contributed by atoms with E-state index in [4.69, 9.17) is 4.74 Å². The first kappa shape index (κ1) is 23.4. The van der Waals surface area contributed by atoms with Crippen LogP contribution in [-0.4, -0.2) is 42.3 Å². The lowest BCUT2D eigenvalue weighted by Gasteiger charge is -2.29. The van der Waals surface area contributed by atoms with Crippen LogP contribution in [0.3, 0.4) is 0 Å². The van der Waals surface area contributed by atoms with Gasteiger partial charge in [-0.1, -0.05) is 55.5 Å². The lowest BCUT2D eigenvalue weighted by molar-refractivity contribution is -0.139. The van der Waals surface area contributed by atoms with E-state index in [1.807, 2.05) is 36.4 Å². The van der Waals surface area contributed by atoms with Crippen molar-refractivity contribution >= 4 is 18.0 Å². The van der Waals surface area contributed by atoms with Crippen molar-refractivity contribution in [2.24, 2.45) is 23.7 Å². The minimum Gasteiger partial charge on any atom is -0.481 e. The van der Waals surface area contributed by atoms with Crippen LogP contribution < -0.4 is 10.6 Å². The second-order valence-electron chi connectivity index (χ2n) is 10.3. The van der Waals surface area contributed by atoms with Crippen molar-refractivity contribution < 1.29 is 24.2 Å². The average molecular weight is 477 g/mol. The molecule has 0 heterocycles. The Bertz CT molecular complexity index is 1090. The summed E-state index contributed by atoms with van der Waals surface area (Å²) >= 11 is 0. The van der Waals surface area contributed by atoms with Crippen molar-refractivity contribution in [2.75, 3.05) is 13.2 Å². The summed E-state index contributed by atoms with van der Waals surface area (Å²) in [5.74, 6) is 0.810. The molecular formula is C28H32N2O5. The van der Waals surface area contributed by atoms with E-state index in [2.05, 4.69) is 29.7 Å². The van der Waals surface area contributed by atoms with Gasteiger partial charge < -0.3 is 20.5 Å². The summed E-state index contributed by atoms with van der Waals surface area (Å²) in [6.45, 7) is 2.82. The van der Waals surface area contributed by atoms with Crippen molar-refractivity contribution in [1.29, 1.82) is 0 Å². The van der Waals surface area contributed by atoms with E-state index >= 15 is 0 Å². The molecule has 2 saturated carbocycles. The summed E-state index contributed by atoms with van der Waals surface area (Å²) in [6, 6.07) is 14.9. The van der Waals surface area contributed by atoms with Gasteiger partial charge in [0.15, 0.2) is 0 Å². The van der Waals surface area contributed by atoms with E-state index in [0.29, 0.717) is 18.4 Å². The Morgan fingerprint density at radius 3 is 2.26 bits per heavy atom. The number of carbonyl (C=O) groups is 3. The van der Waals surface area contributed by atoms with E-state index in [1.54, 1.807) is 0 Å². The van der Waals surface area contributed by atoms with Crippen LogP contribution in [0.4, 0.5) is 4.79 Å². The quantitative estimate of drug-likeness (QED) is 0.531. The van der Waals surface area contributed by atoms with Crippen molar-refractivity contribution in [3.05, 3.63) is 59.7 Å². The van der Waals surface area contributed by atoms with Gasteiger partial charge in [0, 0.05) is 12.5 Å². The van der Waals surface area contributed by atoms with Crippen molar-refractivity contribution in [3.63, 3.8) is 0 Å². The number of benzene rings is 2. The molecular weight excluding hydrogens is 444 g/mol. The maximum atomic E-state index is 12.8. The highest BCUT2D eigenvalue weighted by molar-refractivity contribution is 5.89. The van der Waals surface area contributed by atoms with Gasteiger partial charge in [-0.25, -0.2) is 4.79 Å². The minimum atomic E-state index is -1.18. The Morgan fingerprint density at radius 1 is 0.971 bits per heavy atom. The summed E-state index contributed by atoms with van der Waals surface area (Å²) in [6.07, 6.45) is 2.30. The molecule has 184 valence electrons. The van der Waals surface area contributed by atoms with Crippen LogP contribution in [-0.2, 0) is 14.3 Å². The third kappa shape index (κ3) is 5.04. The first-order chi connectivity index (χ1) is 16.9. The van der Waals surface area contributed by atoms with Crippen LogP contribution in [0, 0.1) is 23.7 Å². The number of alkyl carbamates (subject to hydrolysis) is 1. The summed E-state index contributed by atoms with van der Waals surface area (Å²) in [4.78, 5) is 36.8. The van der Waals surface area contributed by atoms with Gasteiger partial charge in [0.2, 0.25) is 5.91 Å². The predicted molar refractivity (Wildman–Crippen MR) is 131 cm³/mol. The smallest absolute Gasteiger partial charge is 0.407 e. The van der Waals surface area contributed by atoms with E-state index in [9.17, 15) is 19.5 Å². The molecule has 2 aromatic rings. The average Bonchev–Trinajstić information content (AvgIpc) is 3.52. The summed E-state index contributed by atoms with van der Waals surface area (Å²) in [5, 5.41) is 14.7. The van der Waals surface area contributed by atoms with E-state index < -0.39 is 30.4 Å². The van der Waals surface area contributed by atoms with Gasteiger partial charge in [0.25, 0.3) is 0 Å². The van der Waals surface area contributed by atoms with Crippen molar-refractivity contribution in [1.82, 2.24) is 10.6 Å². The molecule has 0 aliphatic heterocycles. The Kier molecular flexibility index (Phi) is 6.50. The topological polar surface area (TPSA) is 105 Å². The molecule has 7 heteroatoms. The van der Waals surface area contributed by atoms with Gasteiger partial charge in [-0.05, 0) is 65.2 Å². The largest absolute Gasteiger partial charge is 0.481 e. The number of carbonyl (C=O) groups excluding carboxylic acids is 2. The van der Waals surface area contributed by atoms with E-state index in [0.717, 1.165) is 40.5 Å². The highest BCUT2D eigenvalue weighted by Gasteiger charge is 2.45. The maximum Gasteiger partial charge on any atom is 0.407 e. The first-order valence-corrected chi connectivity index (χ1v) is 12.5. The Hall–Kier alpha value is -3.35. The first-order valence-electron chi connectivity index (χ1n) is 12.5. The van der Waals surface area contributed by atoms with E-state index in [1.165, 1.54) is 12.8 Å². The van der Waals surface area contributed by atoms with Gasteiger partial charge in [-0.2, -0.15) is 0 Å². The van der Waals surface area contributed by atoms with Gasteiger partial charge in [0.1, 0.15) is 12.6 Å². The number of nitrogens with one attached hydrogen (secondary N) is 2. The third-order valence-electron chi connectivity index (χ3n) is 8.02. The molecule has 0 radical (unpaired) electrons. The molecule has 3 aliphatic rings. The third-order valence-corrected chi connectivity index (χ3v) is 8.02. The standard InChI is InChI=1S/C28H32N2O5/c1-16-10-17-11-18(17)12-19(16)14-29-27(33)25(13-26(31)32)30-28(34)35-15-24-22-8-4-2-6-20(22)21-7-3-5-9-23(21)24/h2-9,16-19,24-25H,10-15H2,1H3,(H,29,33)(H,30,34)(H,31,32). The monoisotopic (exact) mass is 476 g/mol. The molecule has 5 rings (SSSR count). The molecule has 2 amide bonds. The second kappa shape index (κ2) is 9.72. The fourth-order valence-electron chi connectivity index (χ4n) is 5.98. The molecule has 0 spiro atoms. The van der Waals surface area contributed by atoms with Gasteiger partial charge in [0.05, 0.1) is 6.42 Å². The number of amides is 2. The lowest BCUT2D eigenvalue weighted by atomic mass is 9.80. The zero-order valence-electron chi connectivity index (χ0n) is 19.9. The summed E-state index contributed by atoms with van der Waals surface area (Å²) < 4.78 is 5.51. The lowest BCUT2D eigenvalue weighted by Crippen LogP contribution is -2.49. The number of hydrogen-bond donors (Lipinski definition) is 3. The highest BCUT2D eigenvalue weighted by atomic mass is 16.5. The van der Waals surface area contributed by atoms with Crippen molar-refractivity contribution in [2.45, 2.75) is 44.6 Å². The molecule has 3 N–H and O–H groups in total. The van der Waals surface area contributed by atoms with Crippen LogP contribution >= 0.6 is 0 Å². The molecule has 5 unspecified atom stereocenters. The zero-order chi connectivity index (χ0) is 24.5. The Labute approximate surface area is 205 Å². The zero-order valence-corrected chi connectivity index (χ0v) is 19.9. The summed E-state index contributed by atoms with van der Waals surface area (Å²) in [5.41, 5.74) is 4.41. The fourth-order valence-corrected chi connectivity index (χ4v) is 5.98. The van der Waals surface area contributed by atoms with Gasteiger partial charge >= 0.3 is 12.1 Å². The molecule has 35 heavy (non-hydrogen) atoms. The van der Waals surface area contributed by atoms with Crippen LogP contribution in [0.25, 0.3) is 11.1 Å². The van der Waals surface area contributed by atoms with Gasteiger partial charge in [-0.3, -0.25) is 9.59 Å². The Morgan fingerprint density at radius 2 is 1.60 bits per heavy atom. The van der Waals surface area contributed by atoms with Crippen LogP contribution in [0.5, 0.6) is 0 Å². The number of fused-ring (bicyclic) bond motifs is 4. The van der Waals surface area contributed by atoms with Crippen LogP contribution in [0.2, 0.25) is 0 Å². The number of carboxylic acids is 1. The molecule has 2 aromatic carbocycles. The maximum absolute atomic E-state index is 12.8. The number of hydrogen-bond acceptors (Lipinski definition) is 4. The molecule has 0 bridgehead atoms. The second-order valence-corrected chi connectivity index (χ2v) is 10.3. The molecule has 7 nitrogen and oxygen atoms in total. The Balaban J connectivity index is 1.18. The predicted octanol–water partition coefficient (Wildman–Crippen LogP) is 4.17.